The smallest absolute Gasteiger partial charge is 0.0854 e. The summed E-state index contributed by atoms with van der Waals surface area (Å²) in [4.78, 5) is 2.23. The van der Waals surface area contributed by atoms with Crippen LogP contribution < -0.4 is 5.73 Å². The van der Waals surface area contributed by atoms with Crippen molar-refractivity contribution in [2.45, 2.75) is 44.6 Å². The monoisotopic (exact) mass is 226 g/mol. The third kappa shape index (κ3) is 1.89. The first-order valence-electron chi connectivity index (χ1n) is 6.62. The van der Waals surface area contributed by atoms with Crippen LogP contribution in [0, 0.1) is 11.3 Å². The number of β-amino-alcohol motifs (C(OH)–C–C–N with tert-alkyl or cyclic N) is 1. The second-order valence-electron chi connectivity index (χ2n) is 6.21. The van der Waals surface area contributed by atoms with E-state index in [9.17, 15) is 5.11 Å². The van der Waals surface area contributed by atoms with Gasteiger partial charge in [0.25, 0.3) is 0 Å². The molecule has 3 atom stereocenters. The van der Waals surface area contributed by atoms with E-state index < -0.39 is 5.60 Å². The van der Waals surface area contributed by atoms with Crippen LogP contribution >= 0.6 is 0 Å². The van der Waals surface area contributed by atoms with Crippen LogP contribution in [0.2, 0.25) is 0 Å². The standard InChI is InChI=1S/C13H26N2O/c1-11-4-3-5-12(8-11,9-14)13(16)6-7-15(2)10-13/h11,16H,3-10,14H2,1-2H3. The lowest BCUT2D eigenvalue weighted by atomic mass is 9.60. The van der Waals surface area contributed by atoms with E-state index in [1.54, 1.807) is 0 Å². The predicted molar refractivity (Wildman–Crippen MR) is 66.2 cm³/mol. The first-order valence-corrected chi connectivity index (χ1v) is 6.62. The van der Waals surface area contributed by atoms with E-state index in [1.165, 1.54) is 12.8 Å². The molecule has 0 bridgehead atoms. The largest absolute Gasteiger partial charge is 0.388 e. The summed E-state index contributed by atoms with van der Waals surface area (Å²) in [5, 5.41) is 10.9. The van der Waals surface area contributed by atoms with Gasteiger partial charge < -0.3 is 15.7 Å². The highest BCUT2D eigenvalue weighted by Gasteiger charge is 2.53. The van der Waals surface area contributed by atoms with Crippen LogP contribution in [0.5, 0.6) is 0 Å². The molecule has 0 aromatic carbocycles. The molecule has 2 rings (SSSR count). The maximum atomic E-state index is 10.9. The maximum absolute atomic E-state index is 10.9. The Balaban J connectivity index is 2.19. The van der Waals surface area contributed by atoms with Gasteiger partial charge >= 0.3 is 0 Å². The SMILES string of the molecule is CC1CCCC(CN)(C2(O)CCN(C)C2)C1. The molecule has 0 spiro atoms. The van der Waals surface area contributed by atoms with Gasteiger partial charge in [-0.1, -0.05) is 19.8 Å². The first-order chi connectivity index (χ1) is 7.51. The Morgan fingerprint density at radius 1 is 1.44 bits per heavy atom. The van der Waals surface area contributed by atoms with E-state index in [1.807, 2.05) is 0 Å². The molecule has 1 heterocycles. The van der Waals surface area contributed by atoms with Crippen molar-refractivity contribution in [3.8, 4) is 0 Å². The van der Waals surface area contributed by atoms with Crippen LogP contribution in [-0.4, -0.2) is 42.3 Å². The van der Waals surface area contributed by atoms with Crippen molar-refractivity contribution in [1.82, 2.24) is 4.90 Å². The topological polar surface area (TPSA) is 49.5 Å². The van der Waals surface area contributed by atoms with E-state index >= 15 is 0 Å². The van der Waals surface area contributed by atoms with Crippen LogP contribution in [0.4, 0.5) is 0 Å². The number of aliphatic hydroxyl groups is 1. The summed E-state index contributed by atoms with van der Waals surface area (Å²) in [7, 11) is 2.09. The summed E-state index contributed by atoms with van der Waals surface area (Å²) in [6.45, 7) is 4.75. The predicted octanol–water partition coefficient (Wildman–Crippen LogP) is 1.21. The molecule has 3 unspecified atom stereocenters. The zero-order valence-corrected chi connectivity index (χ0v) is 10.7. The summed E-state index contributed by atoms with van der Waals surface area (Å²) in [6.07, 6.45) is 5.64. The summed E-state index contributed by atoms with van der Waals surface area (Å²) in [5.41, 5.74) is 5.48. The summed E-state index contributed by atoms with van der Waals surface area (Å²) in [5.74, 6) is 0.715. The Morgan fingerprint density at radius 3 is 2.69 bits per heavy atom. The minimum absolute atomic E-state index is 0.0184. The zero-order valence-electron chi connectivity index (χ0n) is 10.7. The van der Waals surface area contributed by atoms with Crippen molar-refractivity contribution < 1.29 is 5.11 Å². The van der Waals surface area contributed by atoms with Crippen molar-refractivity contribution in [1.29, 1.82) is 0 Å². The van der Waals surface area contributed by atoms with Gasteiger partial charge in [0.15, 0.2) is 0 Å². The van der Waals surface area contributed by atoms with Gasteiger partial charge in [-0.3, -0.25) is 0 Å². The van der Waals surface area contributed by atoms with Gasteiger partial charge in [0, 0.05) is 25.0 Å². The molecule has 16 heavy (non-hydrogen) atoms. The molecule has 2 aliphatic rings. The highest BCUT2D eigenvalue weighted by Crippen LogP contribution is 2.49. The Labute approximate surface area is 99.0 Å². The number of hydrogen-bond acceptors (Lipinski definition) is 3. The molecule has 2 fully saturated rings. The molecule has 3 nitrogen and oxygen atoms in total. The fraction of sp³-hybridized carbons (Fsp3) is 1.00. The van der Waals surface area contributed by atoms with Crippen molar-refractivity contribution in [2.75, 3.05) is 26.7 Å². The highest BCUT2D eigenvalue weighted by atomic mass is 16.3. The lowest BCUT2D eigenvalue weighted by molar-refractivity contribution is -0.0976. The van der Waals surface area contributed by atoms with Crippen molar-refractivity contribution in [2.24, 2.45) is 17.1 Å². The number of likely N-dealkylation sites (tertiary alicyclic amines) is 1. The van der Waals surface area contributed by atoms with Gasteiger partial charge in [0.1, 0.15) is 0 Å². The minimum Gasteiger partial charge on any atom is -0.388 e. The second-order valence-corrected chi connectivity index (χ2v) is 6.21. The molecule has 1 aliphatic heterocycles. The molecule has 0 aromatic heterocycles. The molecular weight excluding hydrogens is 200 g/mol. The highest BCUT2D eigenvalue weighted by molar-refractivity contribution is 5.06. The molecule has 1 saturated carbocycles. The van der Waals surface area contributed by atoms with Crippen molar-refractivity contribution in [3.63, 3.8) is 0 Å². The van der Waals surface area contributed by atoms with Crippen molar-refractivity contribution in [3.05, 3.63) is 0 Å². The zero-order chi connectivity index (χ0) is 11.8. The lowest BCUT2D eigenvalue weighted by Gasteiger charge is -2.49. The van der Waals surface area contributed by atoms with Gasteiger partial charge in [-0.05, 0) is 32.2 Å². The van der Waals surface area contributed by atoms with Gasteiger partial charge in [-0.25, -0.2) is 0 Å². The summed E-state index contributed by atoms with van der Waals surface area (Å²) in [6, 6.07) is 0. The molecule has 3 N–H and O–H groups in total. The molecule has 0 radical (unpaired) electrons. The summed E-state index contributed by atoms with van der Waals surface area (Å²) >= 11 is 0. The second kappa shape index (κ2) is 4.28. The Kier molecular flexibility index (Phi) is 3.30. The van der Waals surface area contributed by atoms with E-state index in [0.29, 0.717) is 12.5 Å². The number of nitrogens with zero attached hydrogens (tertiary/aromatic N) is 1. The summed E-state index contributed by atoms with van der Waals surface area (Å²) < 4.78 is 0. The number of hydrogen-bond donors (Lipinski definition) is 2. The molecule has 0 aromatic rings. The molecule has 1 aliphatic carbocycles. The van der Waals surface area contributed by atoms with Crippen LogP contribution in [0.25, 0.3) is 0 Å². The average Bonchev–Trinajstić information content (AvgIpc) is 2.60. The third-order valence-electron chi connectivity index (χ3n) is 4.91. The lowest BCUT2D eigenvalue weighted by Crippen LogP contribution is -2.56. The van der Waals surface area contributed by atoms with E-state index in [2.05, 4.69) is 18.9 Å². The Morgan fingerprint density at radius 2 is 2.19 bits per heavy atom. The van der Waals surface area contributed by atoms with Crippen LogP contribution in [-0.2, 0) is 0 Å². The van der Waals surface area contributed by atoms with E-state index in [-0.39, 0.29) is 5.41 Å². The molecular formula is C13H26N2O. The van der Waals surface area contributed by atoms with Crippen LogP contribution in [0.3, 0.4) is 0 Å². The Bertz CT molecular complexity index is 258. The normalized spacial score (nSPS) is 46.1. The fourth-order valence-electron chi connectivity index (χ4n) is 3.87. The van der Waals surface area contributed by atoms with Gasteiger partial charge in [-0.2, -0.15) is 0 Å². The fourth-order valence-corrected chi connectivity index (χ4v) is 3.87. The molecule has 94 valence electrons. The third-order valence-corrected chi connectivity index (χ3v) is 4.91. The minimum atomic E-state index is -0.537. The molecule has 1 saturated heterocycles. The van der Waals surface area contributed by atoms with Crippen LogP contribution in [0.1, 0.15) is 39.0 Å². The quantitative estimate of drug-likeness (QED) is 0.744. The van der Waals surface area contributed by atoms with Crippen molar-refractivity contribution >= 4 is 0 Å². The molecule has 3 heteroatoms. The Hall–Kier alpha value is -0.120. The number of likely N-dealkylation sites (N-methyl/N-ethyl adjacent to an activating group) is 1. The number of rotatable bonds is 2. The van der Waals surface area contributed by atoms with E-state index in [0.717, 1.165) is 32.4 Å². The van der Waals surface area contributed by atoms with Gasteiger partial charge in [-0.15, -0.1) is 0 Å². The van der Waals surface area contributed by atoms with Crippen LogP contribution in [0.15, 0.2) is 0 Å². The maximum Gasteiger partial charge on any atom is 0.0854 e. The van der Waals surface area contributed by atoms with E-state index in [4.69, 9.17) is 5.73 Å². The van der Waals surface area contributed by atoms with Gasteiger partial charge in [0.2, 0.25) is 0 Å². The molecule has 0 amide bonds. The van der Waals surface area contributed by atoms with Gasteiger partial charge in [0.05, 0.1) is 5.60 Å². The first kappa shape index (κ1) is 12.3. The number of nitrogens with two attached hydrogens (primary N) is 1. The average molecular weight is 226 g/mol.